The van der Waals surface area contributed by atoms with E-state index in [1.54, 1.807) is 30.3 Å². The van der Waals surface area contributed by atoms with Crippen LogP contribution in [0.3, 0.4) is 0 Å². The summed E-state index contributed by atoms with van der Waals surface area (Å²) in [5.41, 5.74) is 0.863. The van der Waals surface area contributed by atoms with Crippen LogP contribution < -0.4 is 0 Å². The minimum atomic E-state index is -3.84. The Kier molecular flexibility index (Phi) is 4.78. The average molecular weight is 337 g/mol. The number of carbonyl (C=O) groups excluding carboxylic acids is 2. The molecular weight excluding hydrogens is 324 g/mol. The van der Waals surface area contributed by atoms with Crippen molar-refractivity contribution in [3.8, 4) is 0 Å². The topological polar surface area (TPSA) is 68.3 Å². The number of rotatable bonds is 5. The molecule has 6 heteroatoms. The molecule has 2 aromatic rings. The second kappa shape index (κ2) is 6.42. The fraction of sp³-hybridized carbons (Fsp3) is 0.125. The van der Waals surface area contributed by atoms with Gasteiger partial charge in [-0.25, -0.2) is 8.42 Å². The first-order chi connectivity index (χ1) is 10.3. The van der Waals surface area contributed by atoms with Crippen LogP contribution in [0.15, 0.2) is 59.5 Å². The molecule has 0 aliphatic rings. The Balaban J connectivity index is 2.41. The maximum atomic E-state index is 12.5. The van der Waals surface area contributed by atoms with E-state index in [0.29, 0.717) is 11.1 Å². The van der Waals surface area contributed by atoms with Crippen molar-refractivity contribution >= 4 is 31.3 Å². The zero-order valence-corrected chi connectivity index (χ0v) is 13.3. The summed E-state index contributed by atoms with van der Waals surface area (Å²) in [6.45, 7) is 1.33. The number of hydrogen-bond acceptors (Lipinski definition) is 4. The van der Waals surface area contributed by atoms with Crippen LogP contribution in [0, 0.1) is 0 Å². The highest BCUT2D eigenvalue weighted by molar-refractivity contribution is 8.13. The van der Waals surface area contributed by atoms with Crippen molar-refractivity contribution in [2.24, 2.45) is 0 Å². The first kappa shape index (κ1) is 16.4. The molecule has 0 aliphatic heterocycles. The van der Waals surface area contributed by atoms with E-state index in [4.69, 9.17) is 10.7 Å². The van der Waals surface area contributed by atoms with Crippen LogP contribution in [0.1, 0.15) is 28.8 Å². The second-order valence-electron chi connectivity index (χ2n) is 4.78. The third-order valence-corrected chi connectivity index (χ3v) is 4.59. The molecule has 1 atom stereocenters. The molecule has 0 N–H and O–H groups in total. The standard InChI is InChI=1S/C16H13ClO4S/c1-11(18)15(16(19)13-5-3-2-4-6-13)12-7-9-14(10-8-12)22(17,20)21/h2-10,15H,1H3. The Hall–Kier alpha value is -1.98. The lowest BCUT2D eigenvalue weighted by Crippen LogP contribution is -2.20. The van der Waals surface area contributed by atoms with E-state index >= 15 is 0 Å². The van der Waals surface area contributed by atoms with Crippen LogP contribution in [0.25, 0.3) is 0 Å². The summed E-state index contributed by atoms with van der Waals surface area (Å²) in [5, 5.41) is 0. The molecule has 4 nitrogen and oxygen atoms in total. The first-order valence-electron chi connectivity index (χ1n) is 6.45. The van der Waals surface area contributed by atoms with E-state index in [-0.39, 0.29) is 16.5 Å². The third-order valence-electron chi connectivity index (χ3n) is 3.22. The van der Waals surface area contributed by atoms with E-state index in [9.17, 15) is 18.0 Å². The minimum Gasteiger partial charge on any atom is -0.299 e. The zero-order valence-electron chi connectivity index (χ0n) is 11.7. The summed E-state index contributed by atoms with van der Waals surface area (Å²) >= 11 is 0. The normalized spacial score (nSPS) is 12.6. The Morgan fingerprint density at radius 3 is 1.95 bits per heavy atom. The van der Waals surface area contributed by atoms with Gasteiger partial charge in [0.2, 0.25) is 0 Å². The lowest BCUT2D eigenvalue weighted by Gasteiger charge is -2.13. The molecule has 114 valence electrons. The van der Waals surface area contributed by atoms with Crippen molar-refractivity contribution in [3.63, 3.8) is 0 Å². The van der Waals surface area contributed by atoms with Crippen LogP contribution in [-0.2, 0) is 13.8 Å². The molecule has 0 spiro atoms. The van der Waals surface area contributed by atoms with Crippen molar-refractivity contribution in [2.45, 2.75) is 17.7 Å². The Bertz CT molecular complexity index is 796. The number of Topliss-reactive ketones (excluding diaryl/α,β-unsaturated/α-hetero) is 2. The monoisotopic (exact) mass is 336 g/mol. The third kappa shape index (κ3) is 3.61. The molecule has 0 aliphatic carbocycles. The highest BCUT2D eigenvalue weighted by atomic mass is 35.7. The van der Waals surface area contributed by atoms with Gasteiger partial charge in [-0.1, -0.05) is 42.5 Å². The Morgan fingerprint density at radius 1 is 0.955 bits per heavy atom. The van der Waals surface area contributed by atoms with E-state index in [0.717, 1.165) is 0 Å². The highest BCUT2D eigenvalue weighted by Gasteiger charge is 2.26. The highest BCUT2D eigenvalue weighted by Crippen LogP contribution is 2.24. The van der Waals surface area contributed by atoms with Gasteiger partial charge in [0.25, 0.3) is 9.05 Å². The summed E-state index contributed by atoms with van der Waals surface area (Å²) in [4.78, 5) is 24.3. The van der Waals surface area contributed by atoms with Gasteiger partial charge in [-0.2, -0.15) is 0 Å². The van der Waals surface area contributed by atoms with Crippen molar-refractivity contribution in [2.75, 3.05) is 0 Å². The van der Waals surface area contributed by atoms with E-state index in [2.05, 4.69) is 0 Å². The van der Waals surface area contributed by atoms with Gasteiger partial charge >= 0.3 is 0 Å². The van der Waals surface area contributed by atoms with E-state index in [1.165, 1.54) is 31.2 Å². The van der Waals surface area contributed by atoms with Crippen molar-refractivity contribution in [1.82, 2.24) is 0 Å². The number of halogens is 1. The summed E-state index contributed by atoms with van der Waals surface area (Å²) in [6, 6.07) is 13.9. The molecule has 0 saturated heterocycles. The summed E-state index contributed by atoms with van der Waals surface area (Å²) in [6.07, 6.45) is 0. The van der Waals surface area contributed by atoms with Crippen LogP contribution >= 0.6 is 10.7 Å². The second-order valence-corrected chi connectivity index (χ2v) is 7.35. The van der Waals surface area contributed by atoms with Gasteiger partial charge in [-0.15, -0.1) is 0 Å². The molecule has 0 bridgehead atoms. The maximum Gasteiger partial charge on any atom is 0.261 e. The quantitative estimate of drug-likeness (QED) is 0.478. The first-order valence-corrected chi connectivity index (χ1v) is 8.76. The van der Waals surface area contributed by atoms with Gasteiger partial charge < -0.3 is 0 Å². The largest absolute Gasteiger partial charge is 0.299 e. The molecular formula is C16H13ClO4S. The van der Waals surface area contributed by atoms with Gasteiger partial charge in [0, 0.05) is 16.2 Å². The average Bonchev–Trinajstić information content (AvgIpc) is 2.47. The Morgan fingerprint density at radius 2 is 1.50 bits per heavy atom. The van der Waals surface area contributed by atoms with Crippen LogP contribution in [0.2, 0.25) is 0 Å². The minimum absolute atomic E-state index is 0.0765. The van der Waals surface area contributed by atoms with Crippen LogP contribution in [-0.4, -0.2) is 20.0 Å². The molecule has 2 rings (SSSR count). The molecule has 0 fully saturated rings. The van der Waals surface area contributed by atoms with Gasteiger partial charge in [0.15, 0.2) is 5.78 Å². The van der Waals surface area contributed by atoms with Crippen molar-refractivity contribution < 1.29 is 18.0 Å². The van der Waals surface area contributed by atoms with Gasteiger partial charge in [0.05, 0.1) is 4.90 Å². The molecule has 22 heavy (non-hydrogen) atoms. The molecule has 0 radical (unpaired) electrons. The van der Waals surface area contributed by atoms with Gasteiger partial charge in [-0.3, -0.25) is 9.59 Å². The lowest BCUT2D eigenvalue weighted by molar-refractivity contribution is -0.117. The smallest absolute Gasteiger partial charge is 0.261 e. The number of hydrogen-bond donors (Lipinski definition) is 0. The fourth-order valence-electron chi connectivity index (χ4n) is 2.16. The van der Waals surface area contributed by atoms with Gasteiger partial charge in [0.1, 0.15) is 11.7 Å². The predicted octanol–water partition coefficient (Wildman–Crippen LogP) is 3.17. The Labute approximate surface area is 133 Å². The molecule has 1 unspecified atom stereocenters. The van der Waals surface area contributed by atoms with Crippen molar-refractivity contribution in [1.29, 1.82) is 0 Å². The van der Waals surface area contributed by atoms with E-state index in [1.807, 2.05) is 0 Å². The number of ketones is 2. The lowest BCUT2D eigenvalue weighted by atomic mass is 9.88. The zero-order chi connectivity index (χ0) is 16.3. The molecule has 2 aromatic carbocycles. The fourth-order valence-corrected chi connectivity index (χ4v) is 2.93. The molecule has 0 aromatic heterocycles. The van der Waals surface area contributed by atoms with E-state index < -0.39 is 15.0 Å². The summed E-state index contributed by atoms with van der Waals surface area (Å²) in [7, 11) is 1.41. The predicted molar refractivity (Wildman–Crippen MR) is 83.7 cm³/mol. The van der Waals surface area contributed by atoms with Crippen molar-refractivity contribution in [3.05, 3.63) is 65.7 Å². The molecule has 0 saturated carbocycles. The maximum absolute atomic E-state index is 12.5. The van der Waals surface area contributed by atoms with Crippen LogP contribution in [0.5, 0.6) is 0 Å². The number of carbonyl (C=O) groups is 2. The number of benzene rings is 2. The summed E-state index contributed by atoms with van der Waals surface area (Å²) in [5.74, 6) is -1.60. The van der Waals surface area contributed by atoms with Crippen LogP contribution in [0.4, 0.5) is 0 Å². The molecule has 0 amide bonds. The molecule has 0 heterocycles. The van der Waals surface area contributed by atoms with Gasteiger partial charge in [-0.05, 0) is 24.6 Å². The summed E-state index contributed by atoms with van der Waals surface area (Å²) < 4.78 is 22.5. The SMILES string of the molecule is CC(=O)C(C(=O)c1ccccc1)c1ccc(S(=O)(=O)Cl)cc1.